The van der Waals surface area contributed by atoms with Crippen molar-refractivity contribution in [1.29, 1.82) is 0 Å². The number of nitrogens with two attached hydrogens (primary N) is 1. The van der Waals surface area contributed by atoms with Crippen LogP contribution in [0.15, 0.2) is 0 Å². The molecule has 0 aromatic rings. The maximum Gasteiger partial charge on any atom is 0.305 e. The summed E-state index contributed by atoms with van der Waals surface area (Å²) in [6, 6.07) is 0. The summed E-state index contributed by atoms with van der Waals surface area (Å²) in [6.45, 7) is -0.947. The van der Waals surface area contributed by atoms with E-state index in [0.29, 0.717) is 12.8 Å². The first-order valence-corrected chi connectivity index (χ1v) is 7.98. The summed E-state index contributed by atoms with van der Waals surface area (Å²) < 4.78 is 4.39. The van der Waals surface area contributed by atoms with Crippen molar-refractivity contribution in [3.8, 4) is 0 Å². The van der Waals surface area contributed by atoms with Crippen molar-refractivity contribution in [3.63, 3.8) is 0 Å². The van der Waals surface area contributed by atoms with Crippen molar-refractivity contribution in [2.75, 3.05) is 20.3 Å². The molecule has 0 aliphatic carbocycles. The molecule has 0 rings (SSSR count). The molecule has 27 heavy (non-hydrogen) atoms. The number of aliphatic hydroxyl groups is 6. The normalized spacial score (nSPS) is 14.2. The smallest absolute Gasteiger partial charge is 0.305 e. The molecule has 0 aromatic heterocycles. The van der Waals surface area contributed by atoms with Crippen LogP contribution >= 0.6 is 0 Å². The van der Waals surface area contributed by atoms with E-state index in [4.69, 9.17) is 36.4 Å². The summed E-state index contributed by atoms with van der Waals surface area (Å²) in [7, 11) is 1.29. The number of esters is 1. The largest absolute Gasteiger partial charge is 0.469 e. The van der Waals surface area contributed by atoms with Crippen LogP contribution in [-0.4, -0.2) is 87.3 Å². The SMILES string of the molecule is C.C.COC(=O)CCC[C@H](O)[C@H](O)CO.NC(=O)CCC[C@H](O)[C@H](O)CO. The van der Waals surface area contributed by atoms with E-state index in [1.54, 1.807) is 0 Å². The molecule has 0 aliphatic rings. The fraction of sp³-hybridized carbons (Fsp3) is 0.882. The van der Waals surface area contributed by atoms with Crippen molar-refractivity contribution >= 4 is 11.9 Å². The van der Waals surface area contributed by atoms with Gasteiger partial charge in [-0.1, -0.05) is 14.9 Å². The van der Waals surface area contributed by atoms with E-state index in [1.165, 1.54) is 7.11 Å². The molecule has 0 heterocycles. The number of rotatable bonds is 12. The second kappa shape index (κ2) is 21.0. The molecule has 10 heteroatoms. The molecule has 10 nitrogen and oxygen atoms in total. The fourth-order valence-corrected chi connectivity index (χ4v) is 1.67. The van der Waals surface area contributed by atoms with Gasteiger partial charge in [-0.3, -0.25) is 9.59 Å². The molecule has 8 N–H and O–H groups in total. The zero-order valence-corrected chi connectivity index (χ0v) is 14.5. The minimum atomic E-state index is -1.13. The van der Waals surface area contributed by atoms with Gasteiger partial charge in [-0.15, -0.1) is 0 Å². The van der Waals surface area contributed by atoms with Gasteiger partial charge in [0.1, 0.15) is 12.2 Å². The van der Waals surface area contributed by atoms with E-state index < -0.39 is 43.5 Å². The lowest BCUT2D eigenvalue weighted by Gasteiger charge is -2.14. The number of amides is 1. The van der Waals surface area contributed by atoms with Gasteiger partial charge in [0, 0.05) is 12.8 Å². The molecular weight excluding hydrogens is 362 g/mol. The molecule has 0 spiro atoms. The molecule has 0 aromatic carbocycles. The molecule has 0 radical (unpaired) electrons. The van der Waals surface area contributed by atoms with Crippen molar-refractivity contribution in [1.82, 2.24) is 0 Å². The van der Waals surface area contributed by atoms with Gasteiger partial charge in [0.05, 0.1) is 32.5 Å². The lowest BCUT2D eigenvalue weighted by molar-refractivity contribution is -0.140. The quantitative estimate of drug-likeness (QED) is 0.194. The topological polar surface area (TPSA) is 191 Å². The maximum absolute atomic E-state index is 10.6. The third kappa shape index (κ3) is 20.9. The van der Waals surface area contributed by atoms with E-state index in [2.05, 4.69) is 4.74 Å². The zero-order chi connectivity index (χ0) is 19.8. The highest BCUT2D eigenvalue weighted by molar-refractivity contribution is 5.73. The predicted octanol–water partition coefficient (Wildman–Crippen LogP) is -1.33. The summed E-state index contributed by atoms with van der Waals surface area (Å²) in [5.41, 5.74) is 4.85. The molecule has 0 bridgehead atoms. The van der Waals surface area contributed by atoms with Gasteiger partial charge in [-0.2, -0.15) is 0 Å². The number of methoxy groups -OCH3 is 1. The van der Waals surface area contributed by atoms with Crippen LogP contribution in [0.5, 0.6) is 0 Å². The van der Waals surface area contributed by atoms with Gasteiger partial charge in [-0.05, 0) is 25.7 Å². The van der Waals surface area contributed by atoms with Crippen molar-refractivity contribution in [3.05, 3.63) is 0 Å². The Balaban J connectivity index is -0.000000183. The average Bonchev–Trinajstić information content (AvgIpc) is 2.59. The summed E-state index contributed by atoms with van der Waals surface area (Å²) in [5.74, 6) is -0.772. The highest BCUT2D eigenvalue weighted by Crippen LogP contribution is 2.05. The van der Waals surface area contributed by atoms with E-state index >= 15 is 0 Å². The van der Waals surface area contributed by atoms with Gasteiger partial charge in [0.2, 0.25) is 5.91 Å². The zero-order valence-electron chi connectivity index (χ0n) is 14.5. The van der Waals surface area contributed by atoms with Crippen LogP contribution < -0.4 is 5.73 Å². The van der Waals surface area contributed by atoms with Gasteiger partial charge >= 0.3 is 5.97 Å². The summed E-state index contributed by atoms with van der Waals surface area (Å²) in [6.07, 6.45) is -2.40. The van der Waals surface area contributed by atoms with E-state index in [1.807, 2.05) is 0 Å². The van der Waals surface area contributed by atoms with Gasteiger partial charge in [0.25, 0.3) is 0 Å². The first-order valence-electron chi connectivity index (χ1n) is 7.98. The number of carbonyl (C=O) groups is 2. The molecule has 0 saturated carbocycles. The Bertz CT molecular complexity index is 355. The van der Waals surface area contributed by atoms with Gasteiger partial charge in [-0.25, -0.2) is 0 Å². The molecule has 0 aliphatic heterocycles. The lowest BCUT2D eigenvalue weighted by atomic mass is 10.1. The Kier molecular flexibility index (Phi) is 25.9. The first-order chi connectivity index (χ1) is 11.7. The van der Waals surface area contributed by atoms with Crippen LogP contribution in [-0.2, 0) is 14.3 Å². The van der Waals surface area contributed by atoms with Crippen LogP contribution in [0, 0.1) is 0 Å². The number of hydrogen-bond donors (Lipinski definition) is 7. The molecule has 166 valence electrons. The molecule has 0 saturated heterocycles. The minimum Gasteiger partial charge on any atom is -0.469 e. The highest BCUT2D eigenvalue weighted by Gasteiger charge is 2.15. The molecule has 0 unspecified atom stereocenters. The predicted molar refractivity (Wildman–Crippen MR) is 101 cm³/mol. The van der Waals surface area contributed by atoms with Crippen LogP contribution in [0.2, 0.25) is 0 Å². The standard InChI is InChI=1S/C8H16O5.C7H15NO4.2CH4/c1-13-8(12)4-2-3-6(10)7(11)5-9;8-7(12)3-1-2-5(10)6(11)4-9;;/h6-7,9-11H,2-5H2,1H3;5-6,9-11H,1-4H2,(H2,8,12);2*1H4/t6-,7+;5-,6+;;/m00../s1. The summed E-state index contributed by atoms with van der Waals surface area (Å²) in [4.78, 5) is 20.9. The Morgan fingerprint density at radius 1 is 0.815 bits per heavy atom. The maximum atomic E-state index is 10.6. The Morgan fingerprint density at radius 2 is 1.19 bits per heavy atom. The van der Waals surface area contributed by atoms with Gasteiger partial charge < -0.3 is 41.1 Å². The Hall–Kier alpha value is -1.30. The van der Waals surface area contributed by atoms with Crippen molar-refractivity contribution in [2.24, 2.45) is 5.73 Å². The number of primary amides is 1. The van der Waals surface area contributed by atoms with Crippen molar-refractivity contribution < 1.29 is 45.0 Å². The molecular formula is C17H39NO9. The van der Waals surface area contributed by atoms with Crippen LogP contribution in [0.1, 0.15) is 53.4 Å². The monoisotopic (exact) mass is 401 g/mol. The van der Waals surface area contributed by atoms with E-state index in [0.717, 1.165) is 0 Å². The van der Waals surface area contributed by atoms with Crippen molar-refractivity contribution in [2.45, 2.75) is 77.8 Å². The number of hydrogen-bond acceptors (Lipinski definition) is 9. The molecule has 0 fully saturated rings. The van der Waals surface area contributed by atoms with Gasteiger partial charge in [0.15, 0.2) is 0 Å². The second-order valence-corrected chi connectivity index (χ2v) is 5.46. The number of carbonyl (C=O) groups excluding carboxylic acids is 2. The molecule has 1 amide bonds. The van der Waals surface area contributed by atoms with Crippen LogP contribution in [0.4, 0.5) is 0 Å². The summed E-state index contributed by atoms with van der Waals surface area (Å²) >= 11 is 0. The highest BCUT2D eigenvalue weighted by atomic mass is 16.5. The average molecular weight is 401 g/mol. The second-order valence-electron chi connectivity index (χ2n) is 5.46. The molecule has 4 atom stereocenters. The minimum absolute atomic E-state index is 0. The van der Waals surface area contributed by atoms with Crippen LogP contribution in [0.3, 0.4) is 0 Å². The Morgan fingerprint density at radius 3 is 1.48 bits per heavy atom. The number of aliphatic hydroxyl groups excluding tert-OH is 6. The Labute approximate surface area is 161 Å². The van der Waals surface area contributed by atoms with E-state index in [-0.39, 0.29) is 46.5 Å². The fourth-order valence-electron chi connectivity index (χ4n) is 1.67. The van der Waals surface area contributed by atoms with Crippen LogP contribution in [0.25, 0.3) is 0 Å². The first kappa shape index (κ1) is 33.3. The third-order valence-corrected chi connectivity index (χ3v) is 3.29. The van der Waals surface area contributed by atoms with E-state index in [9.17, 15) is 9.59 Å². The summed E-state index contributed by atoms with van der Waals surface area (Å²) in [5, 5.41) is 52.9. The lowest BCUT2D eigenvalue weighted by Crippen LogP contribution is -2.29. The third-order valence-electron chi connectivity index (χ3n) is 3.29. The number of ether oxygens (including phenoxy) is 1.